The molecule has 3 aromatic rings. The molecule has 0 fully saturated rings. The first-order chi connectivity index (χ1) is 14.5. The summed E-state index contributed by atoms with van der Waals surface area (Å²) in [7, 11) is 1.60. The Morgan fingerprint density at radius 3 is 2.43 bits per heavy atom. The molecule has 1 aliphatic heterocycles. The van der Waals surface area contributed by atoms with Gasteiger partial charge in [0.2, 0.25) is 0 Å². The monoisotopic (exact) mass is 400 g/mol. The summed E-state index contributed by atoms with van der Waals surface area (Å²) in [6, 6.07) is 20.7. The van der Waals surface area contributed by atoms with Gasteiger partial charge in [-0.2, -0.15) is 0 Å². The Kier molecular flexibility index (Phi) is 5.27. The maximum absolute atomic E-state index is 13.1. The van der Waals surface area contributed by atoms with Crippen molar-refractivity contribution in [3.8, 4) is 5.75 Å². The Hall–Kier alpha value is -3.60. The number of urea groups is 1. The number of fused-ring (bicyclic) bond motifs is 1. The van der Waals surface area contributed by atoms with Gasteiger partial charge in [0.1, 0.15) is 5.75 Å². The molecular weight excluding hydrogens is 376 g/mol. The van der Waals surface area contributed by atoms with Crippen LogP contribution in [0.4, 0.5) is 4.79 Å². The largest absolute Gasteiger partial charge is 0.496 e. The minimum absolute atomic E-state index is 0.0782. The van der Waals surface area contributed by atoms with Crippen LogP contribution >= 0.6 is 0 Å². The summed E-state index contributed by atoms with van der Waals surface area (Å²) in [5, 5.41) is 5.03. The number of carbonyl (C=O) groups is 2. The smallest absolute Gasteiger partial charge is 0.322 e. The van der Waals surface area contributed by atoms with Gasteiger partial charge in [0.05, 0.1) is 19.7 Å². The average Bonchev–Trinajstić information content (AvgIpc) is 2.75. The van der Waals surface area contributed by atoms with Gasteiger partial charge >= 0.3 is 6.03 Å². The van der Waals surface area contributed by atoms with Crippen molar-refractivity contribution in [2.24, 2.45) is 0 Å². The lowest BCUT2D eigenvalue weighted by atomic mass is 9.88. The van der Waals surface area contributed by atoms with Crippen LogP contribution in [0.2, 0.25) is 0 Å². The highest BCUT2D eigenvalue weighted by molar-refractivity contribution is 6.00. The fourth-order valence-electron chi connectivity index (χ4n) is 4.16. The van der Waals surface area contributed by atoms with E-state index in [1.807, 2.05) is 73.7 Å². The Morgan fingerprint density at radius 2 is 1.73 bits per heavy atom. The number of ketones is 1. The maximum atomic E-state index is 13.1. The number of amides is 2. The zero-order valence-corrected chi connectivity index (χ0v) is 17.3. The highest BCUT2D eigenvalue weighted by atomic mass is 16.5. The molecule has 2 amide bonds. The number of nitrogens with one attached hydrogen (secondary N) is 1. The highest BCUT2D eigenvalue weighted by Crippen LogP contribution is 2.40. The van der Waals surface area contributed by atoms with E-state index in [4.69, 9.17) is 4.74 Å². The second-order valence-electron chi connectivity index (χ2n) is 7.41. The summed E-state index contributed by atoms with van der Waals surface area (Å²) in [6.07, 6.45) is 0. The molecule has 4 rings (SSSR count). The van der Waals surface area contributed by atoms with Crippen molar-refractivity contribution in [3.63, 3.8) is 0 Å². The van der Waals surface area contributed by atoms with E-state index in [1.54, 1.807) is 18.9 Å². The molecule has 1 unspecified atom stereocenters. The lowest BCUT2D eigenvalue weighted by Gasteiger charge is -2.36. The number of ether oxygens (including phenoxy) is 1. The number of hydrogen-bond acceptors (Lipinski definition) is 3. The van der Waals surface area contributed by atoms with Gasteiger partial charge in [-0.05, 0) is 36.2 Å². The minimum atomic E-state index is -0.580. The maximum Gasteiger partial charge on any atom is 0.322 e. The predicted octanol–water partition coefficient (Wildman–Crippen LogP) is 4.98. The molecule has 0 aromatic heterocycles. The lowest BCUT2D eigenvalue weighted by molar-refractivity contribution is -0.114. The van der Waals surface area contributed by atoms with Crippen LogP contribution < -0.4 is 10.1 Å². The third-order valence-electron chi connectivity index (χ3n) is 5.60. The molecular formula is C25H24N2O3. The number of rotatable bonds is 5. The second-order valence-corrected chi connectivity index (χ2v) is 7.41. The molecule has 0 radical (unpaired) electrons. The SMILES string of the molecule is COc1ccc2ccccc2c1C1NC(=O)N(Cc2ccccc2)C(C)=C1C(C)=O. The molecule has 1 atom stereocenters. The van der Waals surface area contributed by atoms with Crippen molar-refractivity contribution in [1.29, 1.82) is 0 Å². The molecule has 5 heteroatoms. The first-order valence-corrected chi connectivity index (χ1v) is 9.90. The minimum Gasteiger partial charge on any atom is -0.496 e. The molecule has 1 N–H and O–H groups in total. The van der Waals surface area contributed by atoms with Crippen LogP contribution in [0.1, 0.15) is 31.0 Å². The number of allylic oxidation sites excluding steroid dienone is 1. The van der Waals surface area contributed by atoms with Crippen LogP contribution in [-0.4, -0.2) is 23.8 Å². The van der Waals surface area contributed by atoms with E-state index < -0.39 is 6.04 Å². The molecule has 0 saturated heterocycles. The quantitative estimate of drug-likeness (QED) is 0.657. The molecule has 5 nitrogen and oxygen atoms in total. The van der Waals surface area contributed by atoms with Crippen molar-refractivity contribution in [2.45, 2.75) is 26.4 Å². The number of Topliss-reactive ketones (excluding diaryl/α,β-unsaturated/α-hetero) is 1. The molecule has 3 aromatic carbocycles. The van der Waals surface area contributed by atoms with Crippen LogP contribution in [0.25, 0.3) is 10.8 Å². The lowest BCUT2D eigenvalue weighted by Crippen LogP contribution is -2.47. The molecule has 1 aliphatic rings. The summed E-state index contributed by atoms with van der Waals surface area (Å²) < 4.78 is 5.63. The summed E-state index contributed by atoms with van der Waals surface area (Å²) >= 11 is 0. The van der Waals surface area contributed by atoms with E-state index in [2.05, 4.69) is 5.32 Å². The predicted molar refractivity (Wildman–Crippen MR) is 117 cm³/mol. The van der Waals surface area contributed by atoms with Crippen molar-refractivity contribution in [1.82, 2.24) is 10.2 Å². The second kappa shape index (κ2) is 8.03. The van der Waals surface area contributed by atoms with E-state index in [-0.39, 0.29) is 11.8 Å². The topological polar surface area (TPSA) is 58.6 Å². The molecule has 0 bridgehead atoms. The summed E-state index contributed by atoms with van der Waals surface area (Å²) in [6.45, 7) is 3.78. The van der Waals surface area contributed by atoms with E-state index >= 15 is 0 Å². The highest BCUT2D eigenvalue weighted by Gasteiger charge is 2.36. The standard InChI is InChI=1S/C25H24N2O3/c1-16-22(17(2)28)24(26-25(29)27(16)15-18-9-5-4-6-10-18)23-20-12-8-7-11-19(20)13-14-21(23)30-3/h4-14,24H,15H2,1-3H3,(H,26,29). The zero-order chi connectivity index (χ0) is 21.3. The third-order valence-corrected chi connectivity index (χ3v) is 5.60. The van der Waals surface area contributed by atoms with Crippen LogP contribution in [0.15, 0.2) is 78.0 Å². The molecule has 30 heavy (non-hydrogen) atoms. The Bertz CT molecular complexity index is 1150. The van der Waals surface area contributed by atoms with Gasteiger partial charge in [-0.1, -0.05) is 60.7 Å². The molecule has 0 spiro atoms. The van der Waals surface area contributed by atoms with Gasteiger partial charge in [-0.3, -0.25) is 9.69 Å². The van der Waals surface area contributed by atoms with Crippen LogP contribution in [0, 0.1) is 0 Å². The average molecular weight is 400 g/mol. The molecule has 0 aliphatic carbocycles. The molecule has 1 heterocycles. The Balaban J connectivity index is 1.87. The first kappa shape index (κ1) is 19.7. The number of nitrogens with zero attached hydrogens (tertiary/aromatic N) is 1. The van der Waals surface area contributed by atoms with Crippen LogP contribution in [0.3, 0.4) is 0 Å². The third kappa shape index (κ3) is 3.43. The van der Waals surface area contributed by atoms with Crippen molar-refractivity contribution in [2.75, 3.05) is 7.11 Å². The summed E-state index contributed by atoms with van der Waals surface area (Å²) in [5.74, 6) is 0.563. The Labute approximate surface area is 176 Å². The van der Waals surface area contributed by atoms with E-state index in [0.29, 0.717) is 23.6 Å². The summed E-state index contributed by atoms with van der Waals surface area (Å²) in [5.41, 5.74) is 3.03. The first-order valence-electron chi connectivity index (χ1n) is 9.90. The number of hydrogen-bond donors (Lipinski definition) is 1. The number of methoxy groups -OCH3 is 1. The van der Waals surface area contributed by atoms with Crippen molar-refractivity contribution < 1.29 is 14.3 Å². The Morgan fingerprint density at radius 1 is 1.03 bits per heavy atom. The van der Waals surface area contributed by atoms with Gasteiger partial charge in [0.25, 0.3) is 0 Å². The zero-order valence-electron chi connectivity index (χ0n) is 17.3. The van der Waals surface area contributed by atoms with Gasteiger partial charge in [0.15, 0.2) is 5.78 Å². The van der Waals surface area contributed by atoms with E-state index in [1.165, 1.54) is 0 Å². The number of benzene rings is 3. The molecule has 152 valence electrons. The fourth-order valence-corrected chi connectivity index (χ4v) is 4.16. The van der Waals surface area contributed by atoms with Crippen molar-refractivity contribution >= 4 is 22.6 Å². The van der Waals surface area contributed by atoms with Gasteiger partial charge in [-0.15, -0.1) is 0 Å². The van der Waals surface area contributed by atoms with Gasteiger partial charge in [-0.25, -0.2) is 4.79 Å². The van der Waals surface area contributed by atoms with Gasteiger partial charge < -0.3 is 10.1 Å². The van der Waals surface area contributed by atoms with Crippen molar-refractivity contribution in [3.05, 3.63) is 89.1 Å². The van der Waals surface area contributed by atoms with E-state index in [0.717, 1.165) is 21.9 Å². The van der Waals surface area contributed by atoms with Gasteiger partial charge in [0, 0.05) is 16.8 Å². The molecule has 0 saturated carbocycles. The fraction of sp³-hybridized carbons (Fsp3) is 0.200. The summed E-state index contributed by atoms with van der Waals surface area (Å²) in [4.78, 5) is 27.5. The number of carbonyl (C=O) groups excluding carboxylic acids is 2. The van der Waals surface area contributed by atoms with E-state index in [9.17, 15) is 9.59 Å². The van der Waals surface area contributed by atoms with Crippen LogP contribution in [0.5, 0.6) is 5.75 Å². The normalized spacial score (nSPS) is 16.6. The van der Waals surface area contributed by atoms with Crippen LogP contribution in [-0.2, 0) is 11.3 Å².